The minimum absolute atomic E-state index is 0.785. The van der Waals surface area contributed by atoms with Crippen LogP contribution in [0.2, 0.25) is 0 Å². The van der Waals surface area contributed by atoms with Crippen LogP contribution < -0.4 is 5.32 Å². The quantitative estimate of drug-likeness (QED) is 0.790. The van der Waals surface area contributed by atoms with Gasteiger partial charge in [0.1, 0.15) is 0 Å². The molecule has 0 unspecified atom stereocenters. The normalized spacial score (nSPS) is 11.4. The SMILES string of the molecule is CCNCc1c(C)nn(CCCC(C)C)c1C. The summed E-state index contributed by atoms with van der Waals surface area (Å²) in [5.74, 6) is 0.785. The molecule has 0 fully saturated rings. The molecule has 1 heterocycles. The summed E-state index contributed by atoms with van der Waals surface area (Å²) in [6, 6.07) is 0. The summed E-state index contributed by atoms with van der Waals surface area (Å²) in [5.41, 5.74) is 3.87. The van der Waals surface area contributed by atoms with E-state index in [1.165, 1.54) is 29.8 Å². The van der Waals surface area contributed by atoms with E-state index in [1.54, 1.807) is 0 Å². The maximum absolute atomic E-state index is 4.64. The molecule has 0 aliphatic rings. The Balaban J connectivity index is 2.61. The monoisotopic (exact) mass is 237 g/mol. The minimum Gasteiger partial charge on any atom is -0.313 e. The predicted octanol–water partition coefficient (Wildman–Crippen LogP) is 3.05. The Bertz CT molecular complexity index is 339. The zero-order valence-electron chi connectivity index (χ0n) is 12.0. The van der Waals surface area contributed by atoms with E-state index in [4.69, 9.17) is 0 Å². The van der Waals surface area contributed by atoms with Crippen LogP contribution in [0.5, 0.6) is 0 Å². The Hall–Kier alpha value is -0.830. The van der Waals surface area contributed by atoms with Crippen LogP contribution >= 0.6 is 0 Å². The first-order valence-corrected chi connectivity index (χ1v) is 6.79. The molecule has 0 aliphatic carbocycles. The molecular weight excluding hydrogens is 210 g/mol. The molecule has 3 heteroatoms. The van der Waals surface area contributed by atoms with Gasteiger partial charge in [-0.2, -0.15) is 5.10 Å². The van der Waals surface area contributed by atoms with Gasteiger partial charge in [-0.25, -0.2) is 0 Å². The Morgan fingerprint density at radius 1 is 1.29 bits per heavy atom. The molecule has 1 rings (SSSR count). The fraction of sp³-hybridized carbons (Fsp3) is 0.786. The number of aromatic nitrogens is 2. The van der Waals surface area contributed by atoms with Crippen LogP contribution in [-0.4, -0.2) is 16.3 Å². The third kappa shape index (κ3) is 4.15. The van der Waals surface area contributed by atoms with Gasteiger partial charge in [-0.05, 0) is 39.2 Å². The zero-order chi connectivity index (χ0) is 12.8. The van der Waals surface area contributed by atoms with E-state index >= 15 is 0 Å². The maximum atomic E-state index is 4.64. The summed E-state index contributed by atoms with van der Waals surface area (Å²) in [6.07, 6.45) is 2.50. The van der Waals surface area contributed by atoms with E-state index in [0.717, 1.165) is 25.6 Å². The molecule has 0 saturated carbocycles. The van der Waals surface area contributed by atoms with E-state index in [9.17, 15) is 0 Å². The van der Waals surface area contributed by atoms with Crippen LogP contribution in [0.1, 0.15) is 50.6 Å². The van der Waals surface area contributed by atoms with Crippen molar-refractivity contribution in [2.24, 2.45) is 5.92 Å². The summed E-state index contributed by atoms with van der Waals surface area (Å²) in [6.45, 7) is 14.0. The molecule has 0 atom stereocenters. The van der Waals surface area contributed by atoms with Crippen molar-refractivity contribution in [3.8, 4) is 0 Å². The lowest BCUT2D eigenvalue weighted by molar-refractivity contribution is 0.483. The van der Waals surface area contributed by atoms with Crippen molar-refractivity contribution in [3.05, 3.63) is 17.0 Å². The summed E-state index contributed by atoms with van der Waals surface area (Å²) < 4.78 is 2.17. The second-order valence-electron chi connectivity index (χ2n) is 5.19. The number of nitrogens with zero attached hydrogens (tertiary/aromatic N) is 2. The van der Waals surface area contributed by atoms with Gasteiger partial charge in [0.2, 0.25) is 0 Å². The molecule has 0 bridgehead atoms. The Morgan fingerprint density at radius 3 is 2.59 bits per heavy atom. The third-order valence-electron chi connectivity index (χ3n) is 3.23. The van der Waals surface area contributed by atoms with Crippen molar-refractivity contribution in [1.82, 2.24) is 15.1 Å². The Morgan fingerprint density at radius 2 is 2.00 bits per heavy atom. The van der Waals surface area contributed by atoms with Crippen molar-refractivity contribution >= 4 is 0 Å². The molecule has 98 valence electrons. The van der Waals surface area contributed by atoms with Crippen LogP contribution in [0.15, 0.2) is 0 Å². The van der Waals surface area contributed by atoms with Gasteiger partial charge in [-0.15, -0.1) is 0 Å². The summed E-state index contributed by atoms with van der Waals surface area (Å²) in [5, 5.41) is 8.02. The molecule has 3 nitrogen and oxygen atoms in total. The lowest BCUT2D eigenvalue weighted by atomic mass is 10.1. The fourth-order valence-corrected chi connectivity index (χ4v) is 2.11. The second kappa shape index (κ2) is 6.80. The molecular formula is C14H27N3. The maximum Gasteiger partial charge on any atom is 0.0641 e. The van der Waals surface area contributed by atoms with Gasteiger partial charge in [-0.1, -0.05) is 20.8 Å². The first kappa shape index (κ1) is 14.2. The molecule has 0 spiro atoms. The molecule has 0 aliphatic heterocycles. The van der Waals surface area contributed by atoms with Gasteiger partial charge in [0, 0.05) is 24.3 Å². The summed E-state index contributed by atoms with van der Waals surface area (Å²) >= 11 is 0. The molecule has 1 aromatic heterocycles. The molecule has 1 aromatic rings. The van der Waals surface area contributed by atoms with Gasteiger partial charge in [0.05, 0.1) is 5.69 Å². The first-order valence-electron chi connectivity index (χ1n) is 6.79. The first-order chi connectivity index (χ1) is 8.06. The van der Waals surface area contributed by atoms with Crippen molar-refractivity contribution < 1.29 is 0 Å². The highest BCUT2D eigenvalue weighted by Gasteiger charge is 2.10. The summed E-state index contributed by atoms with van der Waals surface area (Å²) in [7, 11) is 0. The fourth-order valence-electron chi connectivity index (χ4n) is 2.11. The highest BCUT2D eigenvalue weighted by atomic mass is 15.3. The van der Waals surface area contributed by atoms with Crippen LogP contribution in [0.25, 0.3) is 0 Å². The van der Waals surface area contributed by atoms with E-state index in [2.05, 4.69) is 49.7 Å². The molecule has 17 heavy (non-hydrogen) atoms. The standard InChI is InChI=1S/C14H27N3/c1-6-15-10-14-12(4)16-17(13(14)5)9-7-8-11(2)3/h11,15H,6-10H2,1-5H3. The smallest absolute Gasteiger partial charge is 0.0641 e. The lowest BCUT2D eigenvalue weighted by Gasteiger charge is -2.07. The molecule has 0 saturated heterocycles. The average Bonchev–Trinajstić information content (AvgIpc) is 2.52. The minimum atomic E-state index is 0.785. The second-order valence-corrected chi connectivity index (χ2v) is 5.19. The Kier molecular flexibility index (Phi) is 5.69. The van der Waals surface area contributed by atoms with Crippen molar-refractivity contribution in [2.45, 2.75) is 60.5 Å². The number of aryl methyl sites for hydroxylation is 2. The van der Waals surface area contributed by atoms with Crippen LogP contribution in [0.4, 0.5) is 0 Å². The third-order valence-corrected chi connectivity index (χ3v) is 3.23. The van der Waals surface area contributed by atoms with Crippen molar-refractivity contribution in [3.63, 3.8) is 0 Å². The van der Waals surface area contributed by atoms with E-state index in [1.807, 2.05) is 0 Å². The van der Waals surface area contributed by atoms with Gasteiger partial charge in [0.25, 0.3) is 0 Å². The molecule has 0 radical (unpaired) electrons. The largest absolute Gasteiger partial charge is 0.313 e. The summed E-state index contributed by atoms with van der Waals surface area (Å²) in [4.78, 5) is 0. The van der Waals surface area contributed by atoms with Crippen molar-refractivity contribution in [1.29, 1.82) is 0 Å². The topological polar surface area (TPSA) is 29.9 Å². The molecule has 0 amide bonds. The molecule has 1 N–H and O–H groups in total. The average molecular weight is 237 g/mol. The van der Waals surface area contributed by atoms with Crippen LogP contribution in [0, 0.1) is 19.8 Å². The van der Waals surface area contributed by atoms with E-state index in [-0.39, 0.29) is 0 Å². The number of rotatable bonds is 7. The van der Waals surface area contributed by atoms with Gasteiger partial charge >= 0.3 is 0 Å². The number of hydrogen-bond donors (Lipinski definition) is 1. The highest BCUT2D eigenvalue weighted by Crippen LogP contribution is 2.14. The van der Waals surface area contributed by atoms with Crippen molar-refractivity contribution in [2.75, 3.05) is 6.54 Å². The Labute approximate surface area is 106 Å². The van der Waals surface area contributed by atoms with Gasteiger partial charge in [-0.3, -0.25) is 4.68 Å². The number of nitrogens with one attached hydrogen (secondary N) is 1. The van der Waals surface area contributed by atoms with Gasteiger partial charge < -0.3 is 5.32 Å². The predicted molar refractivity (Wildman–Crippen MR) is 73.2 cm³/mol. The molecule has 0 aromatic carbocycles. The zero-order valence-corrected chi connectivity index (χ0v) is 12.0. The lowest BCUT2D eigenvalue weighted by Crippen LogP contribution is -2.13. The van der Waals surface area contributed by atoms with Crippen LogP contribution in [-0.2, 0) is 13.1 Å². The van der Waals surface area contributed by atoms with E-state index in [0.29, 0.717) is 0 Å². The number of hydrogen-bond acceptors (Lipinski definition) is 2. The highest BCUT2D eigenvalue weighted by molar-refractivity contribution is 5.24. The van der Waals surface area contributed by atoms with Crippen LogP contribution in [0.3, 0.4) is 0 Å². The van der Waals surface area contributed by atoms with Gasteiger partial charge in [0.15, 0.2) is 0 Å². The van der Waals surface area contributed by atoms with E-state index < -0.39 is 0 Å².